The van der Waals surface area contributed by atoms with E-state index in [0.717, 1.165) is 23.9 Å². The molecule has 0 radical (unpaired) electrons. The van der Waals surface area contributed by atoms with Crippen molar-refractivity contribution in [1.29, 1.82) is 0 Å². The first kappa shape index (κ1) is 16.4. The normalized spacial score (nSPS) is 18.0. The fraction of sp³-hybridized carbons (Fsp3) is 0.182. The Labute approximate surface area is 156 Å². The van der Waals surface area contributed by atoms with Gasteiger partial charge in [0, 0.05) is 34.2 Å². The van der Waals surface area contributed by atoms with Crippen LogP contribution >= 0.6 is 15.9 Å². The Morgan fingerprint density at radius 3 is 2.88 bits per heavy atom. The van der Waals surface area contributed by atoms with Crippen molar-refractivity contribution in [2.24, 2.45) is 0 Å². The summed E-state index contributed by atoms with van der Waals surface area (Å²) in [5.41, 5.74) is 5.21. The van der Waals surface area contributed by atoms with Crippen molar-refractivity contribution in [3.8, 4) is 0 Å². The zero-order chi connectivity index (χ0) is 17.1. The standard InChI is InChI=1S/C22H21BrN2/c23-19-13-18(21-10-12-25-22(21)15-19)7-4-8-20-14-17(9-11-24-20)16-5-2-1-3-6-16/h1-7,9-10,12-13,15,20,24-25H,8,11,14H2/b7-4+. The first-order valence-electron chi connectivity index (χ1n) is 8.70. The molecule has 3 heteroatoms. The third-order valence-corrected chi connectivity index (χ3v) is 5.21. The highest BCUT2D eigenvalue weighted by molar-refractivity contribution is 9.10. The lowest BCUT2D eigenvalue weighted by Gasteiger charge is -2.23. The fourth-order valence-electron chi connectivity index (χ4n) is 3.48. The van der Waals surface area contributed by atoms with Gasteiger partial charge < -0.3 is 10.3 Å². The summed E-state index contributed by atoms with van der Waals surface area (Å²) >= 11 is 3.60. The smallest absolute Gasteiger partial charge is 0.0471 e. The van der Waals surface area contributed by atoms with Crippen LogP contribution in [0.15, 0.2) is 71.4 Å². The highest BCUT2D eigenvalue weighted by Gasteiger charge is 2.14. The quantitative estimate of drug-likeness (QED) is 0.578. The predicted molar refractivity (Wildman–Crippen MR) is 110 cm³/mol. The van der Waals surface area contributed by atoms with E-state index in [9.17, 15) is 0 Å². The van der Waals surface area contributed by atoms with Crippen molar-refractivity contribution in [3.63, 3.8) is 0 Å². The topological polar surface area (TPSA) is 27.8 Å². The third kappa shape index (κ3) is 3.78. The summed E-state index contributed by atoms with van der Waals surface area (Å²) in [6, 6.07) is 17.6. The molecule has 0 bridgehead atoms. The Morgan fingerprint density at radius 1 is 1.12 bits per heavy atom. The molecule has 2 nitrogen and oxygen atoms in total. The molecule has 126 valence electrons. The van der Waals surface area contributed by atoms with E-state index in [2.05, 4.69) is 93.0 Å². The van der Waals surface area contributed by atoms with E-state index in [4.69, 9.17) is 0 Å². The molecule has 1 atom stereocenters. The SMILES string of the molecule is Brc1cc(/C=C/CC2CC(c3ccccc3)=CCN2)c2cc[nH]c2c1. The lowest BCUT2D eigenvalue weighted by molar-refractivity contribution is 0.542. The zero-order valence-electron chi connectivity index (χ0n) is 14.0. The summed E-state index contributed by atoms with van der Waals surface area (Å²) in [4.78, 5) is 3.28. The summed E-state index contributed by atoms with van der Waals surface area (Å²) in [5.74, 6) is 0. The molecule has 1 aliphatic rings. The van der Waals surface area contributed by atoms with Gasteiger partial charge in [0.25, 0.3) is 0 Å². The van der Waals surface area contributed by atoms with Gasteiger partial charge in [0.05, 0.1) is 0 Å². The van der Waals surface area contributed by atoms with Crippen LogP contribution in [0.4, 0.5) is 0 Å². The van der Waals surface area contributed by atoms with Crippen LogP contribution in [0, 0.1) is 0 Å². The summed E-state index contributed by atoms with van der Waals surface area (Å²) in [6.07, 6.45) is 10.9. The predicted octanol–water partition coefficient (Wildman–Crippen LogP) is 5.78. The van der Waals surface area contributed by atoms with Crippen LogP contribution < -0.4 is 5.32 Å². The fourth-order valence-corrected chi connectivity index (χ4v) is 3.96. The number of fused-ring (bicyclic) bond motifs is 1. The van der Waals surface area contributed by atoms with Crippen LogP contribution in [-0.2, 0) is 0 Å². The molecule has 0 fully saturated rings. The first-order valence-corrected chi connectivity index (χ1v) is 9.50. The lowest BCUT2D eigenvalue weighted by Crippen LogP contribution is -2.32. The van der Waals surface area contributed by atoms with Crippen molar-refractivity contribution >= 4 is 38.5 Å². The monoisotopic (exact) mass is 392 g/mol. The second kappa shape index (κ2) is 7.42. The minimum Gasteiger partial charge on any atom is -0.361 e. The molecular formula is C22H21BrN2. The maximum atomic E-state index is 3.61. The molecule has 0 aliphatic carbocycles. The van der Waals surface area contributed by atoms with Gasteiger partial charge in [-0.1, -0.05) is 64.5 Å². The van der Waals surface area contributed by atoms with Gasteiger partial charge in [-0.05, 0) is 47.7 Å². The molecule has 1 aliphatic heterocycles. The number of hydrogen-bond acceptors (Lipinski definition) is 1. The molecule has 1 unspecified atom stereocenters. The second-order valence-corrected chi connectivity index (χ2v) is 7.39. The Morgan fingerprint density at radius 2 is 2.00 bits per heavy atom. The van der Waals surface area contributed by atoms with Gasteiger partial charge in [0.15, 0.2) is 0 Å². The van der Waals surface area contributed by atoms with Crippen LogP contribution in [0.3, 0.4) is 0 Å². The van der Waals surface area contributed by atoms with Gasteiger partial charge >= 0.3 is 0 Å². The largest absolute Gasteiger partial charge is 0.361 e. The molecule has 3 aromatic rings. The van der Waals surface area contributed by atoms with Gasteiger partial charge in [0.1, 0.15) is 0 Å². The van der Waals surface area contributed by atoms with E-state index in [0.29, 0.717) is 6.04 Å². The van der Waals surface area contributed by atoms with E-state index in [1.807, 2.05) is 6.20 Å². The molecule has 2 heterocycles. The first-order chi connectivity index (χ1) is 12.3. The average molecular weight is 393 g/mol. The van der Waals surface area contributed by atoms with Gasteiger partial charge in [-0.2, -0.15) is 0 Å². The third-order valence-electron chi connectivity index (χ3n) is 4.75. The van der Waals surface area contributed by atoms with E-state index < -0.39 is 0 Å². The van der Waals surface area contributed by atoms with Crippen molar-refractivity contribution in [1.82, 2.24) is 10.3 Å². The maximum absolute atomic E-state index is 3.61. The molecule has 1 aromatic heterocycles. The number of H-pyrrole nitrogens is 1. The number of halogens is 1. The number of hydrogen-bond donors (Lipinski definition) is 2. The molecule has 25 heavy (non-hydrogen) atoms. The number of aromatic nitrogens is 1. The van der Waals surface area contributed by atoms with Crippen LogP contribution in [0.2, 0.25) is 0 Å². The summed E-state index contributed by atoms with van der Waals surface area (Å²) in [5, 5.41) is 4.87. The number of aromatic amines is 1. The molecule has 4 rings (SSSR count). The molecule has 0 saturated carbocycles. The molecule has 0 saturated heterocycles. The van der Waals surface area contributed by atoms with Crippen LogP contribution in [0.1, 0.15) is 24.0 Å². The highest BCUT2D eigenvalue weighted by atomic mass is 79.9. The van der Waals surface area contributed by atoms with Crippen LogP contribution in [-0.4, -0.2) is 17.6 Å². The van der Waals surface area contributed by atoms with Crippen LogP contribution in [0.5, 0.6) is 0 Å². The summed E-state index contributed by atoms with van der Waals surface area (Å²) in [7, 11) is 0. The van der Waals surface area contributed by atoms with Gasteiger partial charge in [-0.3, -0.25) is 0 Å². The van der Waals surface area contributed by atoms with Crippen LogP contribution in [0.25, 0.3) is 22.6 Å². The van der Waals surface area contributed by atoms with Crippen molar-refractivity contribution < 1.29 is 0 Å². The molecule has 2 N–H and O–H groups in total. The van der Waals surface area contributed by atoms with Crippen molar-refractivity contribution in [2.75, 3.05) is 6.54 Å². The summed E-state index contributed by atoms with van der Waals surface area (Å²) < 4.78 is 1.10. The molecule has 0 amide bonds. The maximum Gasteiger partial charge on any atom is 0.0471 e. The molecule has 2 aromatic carbocycles. The number of benzene rings is 2. The number of rotatable bonds is 4. The van der Waals surface area contributed by atoms with Gasteiger partial charge in [0.2, 0.25) is 0 Å². The zero-order valence-corrected chi connectivity index (χ0v) is 15.6. The highest BCUT2D eigenvalue weighted by Crippen LogP contribution is 2.26. The Hall–Kier alpha value is -2.10. The summed E-state index contributed by atoms with van der Waals surface area (Å²) in [6.45, 7) is 0.946. The Balaban J connectivity index is 1.45. The minimum absolute atomic E-state index is 0.491. The molecular weight excluding hydrogens is 372 g/mol. The lowest BCUT2D eigenvalue weighted by atomic mass is 9.93. The van der Waals surface area contributed by atoms with Crippen molar-refractivity contribution in [3.05, 3.63) is 82.5 Å². The Bertz CT molecular complexity index is 922. The van der Waals surface area contributed by atoms with E-state index >= 15 is 0 Å². The molecule has 0 spiro atoms. The van der Waals surface area contributed by atoms with Gasteiger partial charge in [-0.15, -0.1) is 0 Å². The second-order valence-electron chi connectivity index (χ2n) is 6.48. The minimum atomic E-state index is 0.491. The van der Waals surface area contributed by atoms with E-state index in [-0.39, 0.29) is 0 Å². The van der Waals surface area contributed by atoms with E-state index in [1.54, 1.807) is 0 Å². The average Bonchev–Trinajstić information content (AvgIpc) is 3.11. The van der Waals surface area contributed by atoms with Crippen molar-refractivity contribution in [2.45, 2.75) is 18.9 Å². The Kier molecular flexibility index (Phi) is 4.86. The van der Waals surface area contributed by atoms with E-state index in [1.165, 1.54) is 27.6 Å². The van der Waals surface area contributed by atoms with Gasteiger partial charge in [-0.25, -0.2) is 0 Å². The number of nitrogens with one attached hydrogen (secondary N) is 2.